The van der Waals surface area contributed by atoms with E-state index in [0.29, 0.717) is 23.3 Å². The minimum absolute atomic E-state index is 0.305. The van der Waals surface area contributed by atoms with E-state index in [-0.39, 0.29) is 6.03 Å². The SMILES string of the molecule is Cc1ccc(OCc2nnc(NC(=O)NCc3ccoc3)s2)cc1. The largest absolute Gasteiger partial charge is 0.486 e. The first kappa shape index (κ1) is 16.0. The lowest BCUT2D eigenvalue weighted by Gasteiger charge is -2.03. The zero-order valence-corrected chi connectivity index (χ0v) is 13.8. The number of rotatable bonds is 6. The van der Waals surface area contributed by atoms with Crippen LogP contribution in [0.15, 0.2) is 47.3 Å². The lowest BCUT2D eigenvalue weighted by atomic mass is 10.2. The van der Waals surface area contributed by atoms with E-state index in [1.54, 1.807) is 18.6 Å². The van der Waals surface area contributed by atoms with Gasteiger partial charge in [-0.25, -0.2) is 4.79 Å². The van der Waals surface area contributed by atoms with Gasteiger partial charge >= 0.3 is 6.03 Å². The maximum absolute atomic E-state index is 11.8. The van der Waals surface area contributed by atoms with Crippen molar-refractivity contribution in [3.8, 4) is 5.75 Å². The van der Waals surface area contributed by atoms with Gasteiger partial charge in [-0.2, -0.15) is 0 Å². The molecule has 0 saturated heterocycles. The molecule has 0 spiro atoms. The van der Waals surface area contributed by atoms with Gasteiger partial charge in [0.05, 0.1) is 12.5 Å². The third kappa shape index (κ3) is 4.56. The highest BCUT2D eigenvalue weighted by atomic mass is 32.1. The molecule has 0 atom stereocenters. The molecule has 0 saturated carbocycles. The molecule has 0 aliphatic carbocycles. The number of benzene rings is 1. The molecule has 0 bridgehead atoms. The third-order valence-corrected chi connectivity index (χ3v) is 3.92. The summed E-state index contributed by atoms with van der Waals surface area (Å²) in [6, 6.07) is 9.20. The minimum Gasteiger partial charge on any atom is -0.486 e. The van der Waals surface area contributed by atoms with Crippen LogP contribution in [0.1, 0.15) is 16.1 Å². The van der Waals surface area contributed by atoms with E-state index >= 15 is 0 Å². The fraction of sp³-hybridized carbons (Fsp3) is 0.188. The summed E-state index contributed by atoms with van der Waals surface area (Å²) < 4.78 is 10.6. The normalized spacial score (nSPS) is 10.4. The molecule has 3 aromatic rings. The predicted molar refractivity (Wildman–Crippen MR) is 90.0 cm³/mol. The topological polar surface area (TPSA) is 89.3 Å². The van der Waals surface area contributed by atoms with Crippen molar-refractivity contribution >= 4 is 22.5 Å². The lowest BCUT2D eigenvalue weighted by Crippen LogP contribution is -2.27. The van der Waals surface area contributed by atoms with E-state index in [1.165, 1.54) is 16.9 Å². The van der Waals surface area contributed by atoms with Crippen LogP contribution in [0.4, 0.5) is 9.93 Å². The molecule has 2 amide bonds. The van der Waals surface area contributed by atoms with Gasteiger partial charge in [0.2, 0.25) is 5.13 Å². The number of aryl methyl sites for hydroxylation is 1. The Morgan fingerprint density at radius 2 is 2.08 bits per heavy atom. The van der Waals surface area contributed by atoms with Crippen molar-refractivity contribution in [1.82, 2.24) is 15.5 Å². The lowest BCUT2D eigenvalue weighted by molar-refractivity contribution is 0.251. The monoisotopic (exact) mass is 344 g/mol. The molecule has 0 aliphatic rings. The zero-order chi connectivity index (χ0) is 16.8. The Bertz CT molecular complexity index is 784. The van der Waals surface area contributed by atoms with Crippen LogP contribution in [0, 0.1) is 6.92 Å². The van der Waals surface area contributed by atoms with Gasteiger partial charge in [0, 0.05) is 12.1 Å². The second kappa shape index (κ2) is 7.60. The number of urea groups is 1. The van der Waals surface area contributed by atoms with Gasteiger partial charge in [-0.05, 0) is 25.1 Å². The molecule has 3 rings (SSSR count). The minimum atomic E-state index is -0.349. The molecule has 1 aromatic carbocycles. The number of aromatic nitrogens is 2. The van der Waals surface area contributed by atoms with E-state index in [9.17, 15) is 4.79 Å². The molecule has 24 heavy (non-hydrogen) atoms. The zero-order valence-electron chi connectivity index (χ0n) is 13.0. The molecule has 2 aromatic heterocycles. The van der Waals surface area contributed by atoms with Crippen molar-refractivity contribution in [2.45, 2.75) is 20.1 Å². The molecule has 0 aliphatic heterocycles. The van der Waals surface area contributed by atoms with E-state index in [2.05, 4.69) is 20.8 Å². The maximum atomic E-state index is 11.8. The van der Waals surface area contributed by atoms with Gasteiger partial charge in [-0.15, -0.1) is 10.2 Å². The number of carbonyl (C=O) groups is 1. The van der Waals surface area contributed by atoms with Crippen LogP contribution in [0.25, 0.3) is 0 Å². The van der Waals surface area contributed by atoms with Crippen molar-refractivity contribution in [3.05, 3.63) is 59.0 Å². The fourth-order valence-electron chi connectivity index (χ4n) is 1.86. The van der Waals surface area contributed by atoms with Gasteiger partial charge in [-0.1, -0.05) is 29.0 Å². The van der Waals surface area contributed by atoms with Crippen LogP contribution in [0.2, 0.25) is 0 Å². The van der Waals surface area contributed by atoms with Gasteiger partial charge in [0.15, 0.2) is 5.01 Å². The average molecular weight is 344 g/mol. The molecule has 0 radical (unpaired) electrons. The standard InChI is InChI=1S/C16H16N4O3S/c1-11-2-4-13(5-3-11)23-10-14-19-20-16(24-14)18-15(21)17-8-12-6-7-22-9-12/h2-7,9H,8,10H2,1H3,(H2,17,18,20,21). The number of amides is 2. The Balaban J connectivity index is 1.46. The molecule has 0 unspecified atom stereocenters. The third-order valence-electron chi connectivity index (χ3n) is 3.10. The van der Waals surface area contributed by atoms with E-state index in [0.717, 1.165) is 11.3 Å². The predicted octanol–water partition coefficient (Wildman–Crippen LogP) is 3.34. The van der Waals surface area contributed by atoms with Gasteiger partial charge < -0.3 is 14.5 Å². The number of hydrogen-bond donors (Lipinski definition) is 2. The van der Waals surface area contributed by atoms with Gasteiger partial charge in [0.25, 0.3) is 0 Å². The van der Waals surface area contributed by atoms with Crippen molar-refractivity contribution in [2.24, 2.45) is 0 Å². The molecular formula is C16H16N4O3S. The van der Waals surface area contributed by atoms with Gasteiger partial charge in [-0.3, -0.25) is 5.32 Å². The molecule has 124 valence electrons. The highest BCUT2D eigenvalue weighted by Gasteiger charge is 2.08. The Labute approximate surface area is 142 Å². The molecule has 8 heteroatoms. The first-order valence-corrected chi connectivity index (χ1v) is 8.08. The summed E-state index contributed by atoms with van der Waals surface area (Å²) in [5.74, 6) is 0.767. The summed E-state index contributed by atoms with van der Waals surface area (Å²) in [6.45, 7) is 2.70. The molecule has 2 heterocycles. The first-order valence-electron chi connectivity index (χ1n) is 7.27. The average Bonchev–Trinajstić information content (AvgIpc) is 3.24. The van der Waals surface area contributed by atoms with Gasteiger partial charge in [0.1, 0.15) is 12.4 Å². The first-order chi connectivity index (χ1) is 11.7. The number of furan rings is 1. The van der Waals surface area contributed by atoms with Crippen LogP contribution < -0.4 is 15.4 Å². The molecular weight excluding hydrogens is 328 g/mol. The van der Waals surface area contributed by atoms with Crippen LogP contribution in [-0.4, -0.2) is 16.2 Å². The highest BCUT2D eigenvalue weighted by molar-refractivity contribution is 7.15. The van der Waals surface area contributed by atoms with E-state index < -0.39 is 0 Å². The van der Waals surface area contributed by atoms with Crippen LogP contribution in [0.5, 0.6) is 5.75 Å². The highest BCUT2D eigenvalue weighted by Crippen LogP contribution is 2.18. The Hall–Kier alpha value is -2.87. The molecule has 7 nitrogen and oxygen atoms in total. The van der Waals surface area contributed by atoms with Crippen molar-refractivity contribution < 1.29 is 13.9 Å². The second-order valence-corrected chi connectivity index (χ2v) is 6.10. The van der Waals surface area contributed by atoms with E-state index in [4.69, 9.17) is 9.15 Å². The summed E-state index contributed by atoms with van der Waals surface area (Å²) in [6.07, 6.45) is 3.13. The number of nitrogens with one attached hydrogen (secondary N) is 2. The summed E-state index contributed by atoms with van der Waals surface area (Å²) in [5, 5.41) is 14.4. The van der Waals surface area contributed by atoms with Crippen LogP contribution in [0.3, 0.4) is 0 Å². The summed E-state index contributed by atoms with van der Waals surface area (Å²) >= 11 is 1.27. The van der Waals surface area contributed by atoms with Crippen molar-refractivity contribution in [3.63, 3.8) is 0 Å². The Morgan fingerprint density at radius 1 is 1.25 bits per heavy atom. The Kier molecular flexibility index (Phi) is 5.07. The number of hydrogen-bond acceptors (Lipinski definition) is 6. The van der Waals surface area contributed by atoms with Crippen molar-refractivity contribution in [1.29, 1.82) is 0 Å². The van der Waals surface area contributed by atoms with Crippen LogP contribution >= 0.6 is 11.3 Å². The van der Waals surface area contributed by atoms with E-state index in [1.807, 2.05) is 31.2 Å². The quantitative estimate of drug-likeness (QED) is 0.716. The molecule has 0 fully saturated rings. The number of nitrogens with zero attached hydrogens (tertiary/aromatic N) is 2. The summed E-state index contributed by atoms with van der Waals surface area (Å²) in [4.78, 5) is 11.8. The molecule has 2 N–H and O–H groups in total. The smallest absolute Gasteiger partial charge is 0.321 e. The number of ether oxygens (including phenoxy) is 1. The van der Waals surface area contributed by atoms with Crippen molar-refractivity contribution in [2.75, 3.05) is 5.32 Å². The second-order valence-electron chi connectivity index (χ2n) is 5.04. The number of carbonyl (C=O) groups excluding carboxylic acids is 1. The summed E-state index contributed by atoms with van der Waals surface area (Å²) in [5.41, 5.74) is 2.06. The summed E-state index contributed by atoms with van der Waals surface area (Å²) in [7, 11) is 0. The number of anilines is 1. The fourth-order valence-corrected chi connectivity index (χ4v) is 2.51. The van der Waals surface area contributed by atoms with Crippen LogP contribution in [-0.2, 0) is 13.2 Å². The Morgan fingerprint density at radius 3 is 2.83 bits per heavy atom. The maximum Gasteiger partial charge on any atom is 0.321 e.